The van der Waals surface area contributed by atoms with Crippen LogP contribution in [0.25, 0.3) is 0 Å². The van der Waals surface area contributed by atoms with Gasteiger partial charge in [-0.2, -0.15) is 0 Å². The standard InChI is InChI=1S/C15H19N5O2S/c1-3-14-18-19-15(23-14)17-13-6-4-5-11(16-13)12-9-20(10(2)21)7-8-22-12/h4-6,12H,3,7-9H2,1-2H3,(H,16,17,19)/t12-/m0/s1. The van der Waals surface area contributed by atoms with E-state index in [1.54, 1.807) is 11.8 Å². The minimum atomic E-state index is -0.199. The molecule has 2 aromatic heterocycles. The molecule has 0 aromatic carbocycles. The minimum absolute atomic E-state index is 0.0635. The number of carbonyl (C=O) groups excluding carboxylic acids is 1. The van der Waals surface area contributed by atoms with Crippen LogP contribution in [0.1, 0.15) is 30.7 Å². The molecular formula is C15H19N5O2S. The molecule has 0 spiro atoms. The number of aromatic nitrogens is 3. The largest absolute Gasteiger partial charge is 0.368 e. The SMILES string of the molecule is CCc1nnc(Nc2cccc([C@@H]3CN(C(C)=O)CCO3)n2)s1. The van der Waals surface area contributed by atoms with Gasteiger partial charge in [0, 0.05) is 13.5 Å². The molecule has 0 aliphatic carbocycles. The van der Waals surface area contributed by atoms with Crippen molar-refractivity contribution in [2.24, 2.45) is 0 Å². The number of hydrogen-bond acceptors (Lipinski definition) is 7. The molecule has 7 nitrogen and oxygen atoms in total. The summed E-state index contributed by atoms with van der Waals surface area (Å²) in [6, 6.07) is 5.71. The maximum atomic E-state index is 11.5. The Labute approximate surface area is 138 Å². The lowest BCUT2D eigenvalue weighted by Gasteiger charge is -2.32. The van der Waals surface area contributed by atoms with Gasteiger partial charge in [0.25, 0.3) is 0 Å². The van der Waals surface area contributed by atoms with E-state index >= 15 is 0 Å². The smallest absolute Gasteiger partial charge is 0.219 e. The van der Waals surface area contributed by atoms with E-state index in [-0.39, 0.29) is 12.0 Å². The molecule has 1 fully saturated rings. The van der Waals surface area contributed by atoms with E-state index in [1.807, 2.05) is 25.1 Å². The van der Waals surface area contributed by atoms with E-state index in [0.29, 0.717) is 25.5 Å². The molecule has 1 aliphatic rings. The molecule has 1 aliphatic heterocycles. The van der Waals surface area contributed by atoms with E-state index in [4.69, 9.17) is 4.74 Å². The zero-order valence-electron chi connectivity index (χ0n) is 13.2. The summed E-state index contributed by atoms with van der Waals surface area (Å²) >= 11 is 1.52. The quantitative estimate of drug-likeness (QED) is 0.923. The second kappa shape index (κ2) is 7.01. The molecule has 8 heteroatoms. The van der Waals surface area contributed by atoms with Crippen LogP contribution < -0.4 is 5.32 Å². The molecule has 1 amide bonds. The number of carbonyl (C=O) groups is 1. The molecule has 3 rings (SSSR count). The van der Waals surface area contributed by atoms with Crippen LogP contribution in [-0.2, 0) is 16.0 Å². The van der Waals surface area contributed by atoms with Gasteiger partial charge in [-0.3, -0.25) is 4.79 Å². The summed E-state index contributed by atoms with van der Waals surface area (Å²) in [5.41, 5.74) is 0.807. The summed E-state index contributed by atoms with van der Waals surface area (Å²) in [7, 11) is 0. The number of nitrogens with zero attached hydrogens (tertiary/aromatic N) is 4. The summed E-state index contributed by atoms with van der Waals surface area (Å²) in [6.45, 7) is 5.32. The van der Waals surface area contributed by atoms with Crippen molar-refractivity contribution < 1.29 is 9.53 Å². The van der Waals surface area contributed by atoms with Gasteiger partial charge in [-0.05, 0) is 18.6 Å². The van der Waals surface area contributed by atoms with Crippen molar-refractivity contribution in [2.45, 2.75) is 26.4 Å². The molecule has 1 saturated heterocycles. The summed E-state index contributed by atoms with van der Waals surface area (Å²) in [5, 5.41) is 13.1. The summed E-state index contributed by atoms with van der Waals surface area (Å²) in [4.78, 5) is 17.9. The van der Waals surface area contributed by atoms with Crippen molar-refractivity contribution in [3.05, 3.63) is 28.9 Å². The monoisotopic (exact) mass is 333 g/mol. The third kappa shape index (κ3) is 3.83. The Balaban J connectivity index is 1.72. The van der Waals surface area contributed by atoms with Gasteiger partial charge in [-0.15, -0.1) is 10.2 Å². The summed E-state index contributed by atoms with van der Waals surface area (Å²) in [6.07, 6.45) is 0.666. The molecule has 23 heavy (non-hydrogen) atoms. The van der Waals surface area contributed by atoms with Crippen LogP contribution in [0.3, 0.4) is 0 Å². The number of hydrogen-bond donors (Lipinski definition) is 1. The van der Waals surface area contributed by atoms with Gasteiger partial charge in [0.2, 0.25) is 11.0 Å². The second-order valence-corrected chi connectivity index (χ2v) is 6.31. The molecule has 1 N–H and O–H groups in total. The van der Waals surface area contributed by atoms with Crippen molar-refractivity contribution in [2.75, 3.05) is 25.0 Å². The number of nitrogens with one attached hydrogen (secondary N) is 1. The van der Waals surface area contributed by atoms with Crippen molar-refractivity contribution in [1.82, 2.24) is 20.1 Å². The van der Waals surface area contributed by atoms with Crippen LogP contribution in [0.4, 0.5) is 10.9 Å². The minimum Gasteiger partial charge on any atom is -0.368 e. The van der Waals surface area contributed by atoms with E-state index in [1.165, 1.54) is 11.3 Å². The van der Waals surface area contributed by atoms with Gasteiger partial charge >= 0.3 is 0 Å². The third-order valence-corrected chi connectivity index (χ3v) is 4.60. The van der Waals surface area contributed by atoms with E-state index < -0.39 is 0 Å². The van der Waals surface area contributed by atoms with Crippen LogP contribution in [0.5, 0.6) is 0 Å². The predicted molar refractivity (Wildman–Crippen MR) is 87.8 cm³/mol. The molecule has 3 heterocycles. The predicted octanol–water partition coefficient (Wildman–Crippen LogP) is 2.16. The van der Waals surface area contributed by atoms with Gasteiger partial charge in [0.05, 0.1) is 18.8 Å². The first-order valence-electron chi connectivity index (χ1n) is 7.59. The average molecular weight is 333 g/mol. The lowest BCUT2D eigenvalue weighted by Crippen LogP contribution is -2.41. The number of amides is 1. The Morgan fingerprint density at radius 3 is 3.09 bits per heavy atom. The Bertz CT molecular complexity index is 690. The Morgan fingerprint density at radius 1 is 1.48 bits per heavy atom. The second-order valence-electron chi connectivity index (χ2n) is 5.25. The number of pyridine rings is 1. The van der Waals surface area contributed by atoms with Crippen molar-refractivity contribution in [1.29, 1.82) is 0 Å². The van der Waals surface area contributed by atoms with Crippen molar-refractivity contribution >= 4 is 28.2 Å². The molecule has 0 unspecified atom stereocenters. The van der Waals surface area contributed by atoms with E-state index in [2.05, 4.69) is 20.5 Å². The topological polar surface area (TPSA) is 80.2 Å². The van der Waals surface area contributed by atoms with Crippen LogP contribution >= 0.6 is 11.3 Å². The first kappa shape index (κ1) is 15.8. The first-order chi connectivity index (χ1) is 11.2. The molecule has 0 saturated carbocycles. The first-order valence-corrected chi connectivity index (χ1v) is 8.41. The fourth-order valence-corrected chi connectivity index (χ4v) is 3.06. The third-order valence-electron chi connectivity index (χ3n) is 3.62. The highest BCUT2D eigenvalue weighted by Gasteiger charge is 2.24. The molecule has 122 valence electrons. The Hall–Kier alpha value is -2.06. The van der Waals surface area contributed by atoms with Gasteiger partial charge < -0.3 is 15.0 Å². The number of rotatable bonds is 4. The highest BCUT2D eigenvalue weighted by Crippen LogP contribution is 2.24. The molecule has 2 aromatic rings. The lowest BCUT2D eigenvalue weighted by atomic mass is 10.2. The van der Waals surface area contributed by atoms with Gasteiger partial charge in [-0.1, -0.05) is 24.3 Å². The number of ether oxygens (including phenoxy) is 1. The normalized spacial score (nSPS) is 18.0. The van der Waals surface area contributed by atoms with Crippen LogP contribution in [0, 0.1) is 0 Å². The maximum absolute atomic E-state index is 11.5. The van der Waals surface area contributed by atoms with Crippen molar-refractivity contribution in [3.63, 3.8) is 0 Å². The van der Waals surface area contributed by atoms with Crippen LogP contribution in [0.2, 0.25) is 0 Å². The van der Waals surface area contributed by atoms with Gasteiger partial charge in [0.1, 0.15) is 16.9 Å². The van der Waals surface area contributed by atoms with Gasteiger partial charge in [0.15, 0.2) is 0 Å². The number of anilines is 2. The Morgan fingerprint density at radius 2 is 2.35 bits per heavy atom. The van der Waals surface area contributed by atoms with Gasteiger partial charge in [-0.25, -0.2) is 4.98 Å². The number of aryl methyl sites for hydroxylation is 1. The summed E-state index contributed by atoms with van der Waals surface area (Å²) < 4.78 is 5.76. The van der Waals surface area contributed by atoms with E-state index in [9.17, 15) is 4.79 Å². The zero-order valence-corrected chi connectivity index (χ0v) is 14.0. The zero-order chi connectivity index (χ0) is 16.2. The molecule has 0 radical (unpaired) electrons. The molecular weight excluding hydrogens is 314 g/mol. The highest BCUT2D eigenvalue weighted by molar-refractivity contribution is 7.15. The van der Waals surface area contributed by atoms with Crippen LogP contribution in [0.15, 0.2) is 18.2 Å². The lowest BCUT2D eigenvalue weighted by molar-refractivity contribution is -0.136. The molecule has 1 atom stereocenters. The fourth-order valence-electron chi connectivity index (χ4n) is 2.37. The summed E-state index contributed by atoms with van der Waals surface area (Å²) in [5.74, 6) is 0.762. The highest BCUT2D eigenvalue weighted by atomic mass is 32.1. The Kier molecular flexibility index (Phi) is 4.82. The maximum Gasteiger partial charge on any atom is 0.219 e. The van der Waals surface area contributed by atoms with Crippen LogP contribution in [-0.4, -0.2) is 45.7 Å². The number of morpholine rings is 1. The fraction of sp³-hybridized carbons (Fsp3) is 0.467. The molecule has 0 bridgehead atoms. The average Bonchev–Trinajstić information content (AvgIpc) is 3.03. The van der Waals surface area contributed by atoms with E-state index in [0.717, 1.165) is 22.3 Å². The van der Waals surface area contributed by atoms with Crippen molar-refractivity contribution in [3.8, 4) is 0 Å².